The SMILES string of the molecule is CCN(CC)CCCN1C(=O)C(=O)/C(=C(/O)c2ccccc2)[C@H]1c1ccc(OC)cc1. The van der Waals surface area contributed by atoms with Crippen molar-refractivity contribution in [3.8, 4) is 5.75 Å². The van der Waals surface area contributed by atoms with Crippen LogP contribution in [0.2, 0.25) is 0 Å². The molecule has 1 amide bonds. The highest BCUT2D eigenvalue weighted by Gasteiger charge is 2.45. The van der Waals surface area contributed by atoms with Crippen LogP contribution in [0.1, 0.15) is 37.4 Å². The number of methoxy groups -OCH3 is 1. The Kier molecular flexibility index (Phi) is 7.47. The van der Waals surface area contributed by atoms with Gasteiger partial charge < -0.3 is 19.6 Å². The Balaban J connectivity index is 2.00. The number of hydrogen-bond acceptors (Lipinski definition) is 5. The molecule has 6 nitrogen and oxygen atoms in total. The normalized spacial score (nSPS) is 18.1. The van der Waals surface area contributed by atoms with Gasteiger partial charge in [-0.1, -0.05) is 56.3 Å². The van der Waals surface area contributed by atoms with E-state index in [2.05, 4.69) is 18.7 Å². The van der Waals surface area contributed by atoms with Gasteiger partial charge in [-0.3, -0.25) is 9.59 Å². The minimum atomic E-state index is -0.648. The molecule has 1 aliphatic heterocycles. The monoisotopic (exact) mass is 422 g/mol. The van der Waals surface area contributed by atoms with Gasteiger partial charge in [-0.25, -0.2) is 0 Å². The molecule has 3 rings (SSSR count). The Morgan fingerprint density at radius 2 is 1.68 bits per heavy atom. The maximum atomic E-state index is 13.0. The third kappa shape index (κ3) is 4.80. The Hall–Kier alpha value is -3.12. The van der Waals surface area contributed by atoms with Crippen LogP contribution >= 0.6 is 0 Å². The van der Waals surface area contributed by atoms with Gasteiger partial charge in [0.2, 0.25) is 0 Å². The summed E-state index contributed by atoms with van der Waals surface area (Å²) >= 11 is 0. The van der Waals surface area contributed by atoms with Crippen LogP contribution in [0.5, 0.6) is 5.75 Å². The van der Waals surface area contributed by atoms with E-state index in [0.29, 0.717) is 17.9 Å². The molecule has 0 spiro atoms. The van der Waals surface area contributed by atoms with Gasteiger partial charge in [0.25, 0.3) is 11.7 Å². The number of likely N-dealkylation sites (tertiary alicyclic amines) is 1. The van der Waals surface area contributed by atoms with Crippen molar-refractivity contribution >= 4 is 17.4 Å². The van der Waals surface area contributed by atoms with Crippen molar-refractivity contribution in [1.29, 1.82) is 0 Å². The lowest BCUT2D eigenvalue weighted by Crippen LogP contribution is -2.33. The summed E-state index contributed by atoms with van der Waals surface area (Å²) in [5, 5.41) is 11.0. The van der Waals surface area contributed by atoms with Crippen molar-refractivity contribution in [3.05, 3.63) is 71.3 Å². The third-order valence-electron chi connectivity index (χ3n) is 5.79. The number of Topliss-reactive ketones (excluding diaryl/α,β-unsaturated/α-hetero) is 1. The fraction of sp³-hybridized carbons (Fsp3) is 0.360. The number of ether oxygens (including phenoxy) is 1. The molecule has 0 aliphatic carbocycles. The summed E-state index contributed by atoms with van der Waals surface area (Å²) in [5.74, 6) is -0.681. The van der Waals surface area contributed by atoms with Crippen molar-refractivity contribution in [2.75, 3.05) is 33.3 Å². The maximum Gasteiger partial charge on any atom is 0.295 e. The highest BCUT2D eigenvalue weighted by Crippen LogP contribution is 2.39. The number of carbonyl (C=O) groups excluding carboxylic acids is 2. The van der Waals surface area contributed by atoms with E-state index in [1.165, 1.54) is 0 Å². The number of benzene rings is 2. The quantitative estimate of drug-likeness (QED) is 0.378. The van der Waals surface area contributed by atoms with Crippen LogP contribution in [0.15, 0.2) is 60.2 Å². The first-order valence-electron chi connectivity index (χ1n) is 10.7. The van der Waals surface area contributed by atoms with E-state index in [-0.39, 0.29) is 11.3 Å². The number of carbonyl (C=O) groups is 2. The molecule has 1 aliphatic rings. The highest BCUT2D eigenvalue weighted by molar-refractivity contribution is 6.46. The smallest absolute Gasteiger partial charge is 0.295 e. The number of ketones is 1. The zero-order valence-corrected chi connectivity index (χ0v) is 18.4. The zero-order valence-electron chi connectivity index (χ0n) is 18.4. The van der Waals surface area contributed by atoms with Gasteiger partial charge in [-0.15, -0.1) is 0 Å². The van der Waals surface area contributed by atoms with Gasteiger partial charge >= 0.3 is 0 Å². The maximum absolute atomic E-state index is 13.0. The summed E-state index contributed by atoms with van der Waals surface area (Å²) in [6.07, 6.45) is 0.743. The molecule has 2 aromatic rings. The number of aliphatic hydroxyl groups is 1. The van der Waals surface area contributed by atoms with E-state index in [9.17, 15) is 14.7 Å². The lowest BCUT2D eigenvalue weighted by atomic mass is 9.95. The van der Waals surface area contributed by atoms with Crippen LogP contribution in [0.3, 0.4) is 0 Å². The van der Waals surface area contributed by atoms with Gasteiger partial charge in [-0.2, -0.15) is 0 Å². The lowest BCUT2D eigenvalue weighted by Gasteiger charge is -2.27. The van der Waals surface area contributed by atoms with E-state index < -0.39 is 17.7 Å². The van der Waals surface area contributed by atoms with E-state index in [4.69, 9.17) is 4.74 Å². The second-order valence-corrected chi connectivity index (χ2v) is 7.51. The van der Waals surface area contributed by atoms with Gasteiger partial charge in [0.1, 0.15) is 11.5 Å². The molecular formula is C25H30N2O4. The second-order valence-electron chi connectivity index (χ2n) is 7.51. The average Bonchev–Trinajstić information content (AvgIpc) is 3.07. The van der Waals surface area contributed by atoms with Crippen LogP contribution in [0, 0.1) is 0 Å². The van der Waals surface area contributed by atoms with E-state index in [0.717, 1.165) is 31.6 Å². The number of hydrogen-bond donors (Lipinski definition) is 1. The zero-order chi connectivity index (χ0) is 22.4. The number of rotatable bonds is 9. The lowest BCUT2D eigenvalue weighted by molar-refractivity contribution is -0.140. The summed E-state index contributed by atoms with van der Waals surface area (Å²) in [7, 11) is 1.59. The van der Waals surface area contributed by atoms with Crippen molar-refractivity contribution in [3.63, 3.8) is 0 Å². The molecule has 1 fully saturated rings. The molecule has 2 aromatic carbocycles. The van der Waals surface area contributed by atoms with E-state index >= 15 is 0 Å². The molecule has 1 saturated heterocycles. The van der Waals surface area contributed by atoms with Crippen LogP contribution in [-0.2, 0) is 9.59 Å². The molecule has 0 bridgehead atoms. The predicted octanol–water partition coefficient (Wildman–Crippen LogP) is 3.85. The van der Waals surface area contributed by atoms with Crippen molar-refractivity contribution in [2.45, 2.75) is 26.3 Å². The number of aliphatic hydroxyl groups excluding tert-OH is 1. The van der Waals surface area contributed by atoms with Crippen LogP contribution in [0.25, 0.3) is 5.76 Å². The Bertz CT molecular complexity index is 934. The highest BCUT2D eigenvalue weighted by atomic mass is 16.5. The molecule has 1 atom stereocenters. The summed E-state index contributed by atoms with van der Waals surface area (Å²) < 4.78 is 5.25. The first-order valence-corrected chi connectivity index (χ1v) is 10.7. The summed E-state index contributed by atoms with van der Waals surface area (Å²) in [4.78, 5) is 29.8. The summed E-state index contributed by atoms with van der Waals surface area (Å²) in [6.45, 7) is 7.35. The standard InChI is InChI=1S/C25H30N2O4/c1-4-26(5-2)16-9-17-27-22(18-12-14-20(31-3)15-13-18)21(24(29)25(27)30)23(28)19-10-7-6-8-11-19/h6-8,10-15,22,28H,4-5,9,16-17H2,1-3H3/b23-21+/t22-/m1/s1. The molecule has 164 valence electrons. The van der Waals surface area contributed by atoms with Gasteiger partial charge in [-0.05, 0) is 43.8 Å². The van der Waals surface area contributed by atoms with Gasteiger partial charge in [0.15, 0.2) is 0 Å². The first kappa shape index (κ1) is 22.6. The molecule has 0 radical (unpaired) electrons. The van der Waals surface area contributed by atoms with Crippen LogP contribution in [0.4, 0.5) is 0 Å². The van der Waals surface area contributed by atoms with Crippen LogP contribution in [-0.4, -0.2) is 59.9 Å². The molecular weight excluding hydrogens is 392 g/mol. The Morgan fingerprint density at radius 3 is 2.26 bits per heavy atom. The molecule has 6 heteroatoms. The van der Waals surface area contributed by atoms with E-state index in [1.807, 2.05) is 18.2 Å². The topological polar surface area (TPSA) is 70.1 Å². The summed E-state index contributed by atoms with van der Waals surface area (Å²) in [6, 6.07) is 15.5. The largest absolute Gasteiger partial charge is 0.507 e. The second kappa shape index (κ2) is 10.3. The molecule has 1 heterocycles. The number of amides is 1. The van der Waals surface area contributed by atoms with Gasteiger partial charge in [0.05, 0.1) is 18.7 Å². The van der Waals surface area contributed by atoms with E-state index in [1.54, 1.807) is 48.4 Å². The minimum Gasteiger partial charge on any atom is -0.507 e. The first-order chi connectivity index (χ1) is 15.0. The minimum absolute atomic E-state index is 0.129. The molecule has 0 saturated carbocycles. The number of nitrogens with zero attached hydrogens (tertiary/aromatic N) is 2. The van der Waals surface area contributed by atoms with Crippen molar-refractivity contribution < 1.29 is 19.4 Å². The van der Waals surface area contributed by atoms with Gasteiger partial charge in [0, 0.05) is 12.1 Å². The average molecular weight is 423 g/mol. The fourth-order valence-corrected chi connectivity index (χ4v) is 4.00. The molecule has 31 heavy (non-hydrogen) atoms. The molecule has 0 aromatic heterocycles. The third-order valence-corrected chi connectivity index (χ3v) is 5.79. The summed E-state index contributed by atoms with van der Waals surface area (Å²) in [5.41, 5.74) is 1.41. The Labute approximate surface area is 183 Å². The molecule has 0 unspecified atom stereocenters. The molecule has 1 N–H and O–H groups in total. The predicted molar refractivity (Wildman–Crippen MR) is 121 cm³/mol. The Morgan fingerprint density at radius 1 is 1.03 bits per heavy atom. The van der Waals surface area contributed by atoms with Crippen molar-refractivity contribution in [1.82, 2.24) is 9.80 Å². The van der Waals surface area contributed by atoms with Crippen LogP contribution < -0.4 is 4.74 Å². The van der Waals surface area contributed by atoms with Crippen molar-refractivity contribution in [2.24, 2.45) is 0 Å². The fourth-order valence-electron chi connectivity index (χ4n) is 4.00.